The summed E-state index contributed by atoms with van der Waals surface area (Å²) in [6.07, 6.45) is 1.60. The van der Waals surface area contributed by atoms with Gasteiger partial charge in [-0.05, 0) is 41.5 Å². The van der Waals surface area contributed by atoms with Gasteiger partial charge in [-0.3, -0.25) is 4.79 Å². The van der Waals surface area contributed by atoms with E-state index in [1.54, 1.807) is 37.6 Å². The third-order valence-electron chi connectivity index (χ3n) is 4.90. The monoisotopic (exact) mass is 413 g/mol. The molecular weight excluding hydrogens is 390 g/mol. The summed E-state index contributed by atoms with van der Waals surface area (Å²) in [7, 11) is 1.56. The van der Waals surface area contributed by atoms with Crippen LogP contribution in [0.1, 0.15) is 33.3 Å². The van der Waals surface area contributed by atoms with Gasteiger partial charge in [-0.25, -0.2) is 0 Å². The Hall–Kier alpha value is -3.99. The fourth-order valence-electron chi connectivity index (χ4n) is 3.30. The molecule has 4 rings (SSSR count). The lowest BCUT2D eigenvalue weighted by molar-refractivity contribution is 0.0938. The second-order valence-corrected chi connectivity index (χ2v) is 6.97. The van der Waals surface area contributed by atoms with Gasteiger partial charge in [-0.1, -0.05) is 60.7 Å². The third kappa shape index (κ3) is 4.95. The fourth-order valence-corrected chi connectivity index (χ4v) is 3.30. The van der Waals surface area contributed by atoms with E-state index in [4.69, 9.17) is 13.9 Å². The van der Waals surface area contributed by atoms with Crippen LogP contribution in [0.5, 0.6) is 11.5 Å². The molecule has 0 fully saturated rings. The Labute approximate surface area is 181 Å². The van der Waals surface area contributed by atoms with Crippen LogP contribution >= 0.6 is 0 Å². The topological polar surface area (TPSA) is 60.7 Å². The molecule has 0 saturated heterocycles. The van der Waals surface area contributed by atoms with Gasteiger partial charge in [0.25, 0.3) is 5.91 Å². The summed E-state index contributed by atoms with van der Waals surface area (Å²) in [5.41, 5.74) is 2.45. The summed E-state index contributed by atoms with van der Waals surface area (Å²) in [6, 6.07) is 28.0. The summed E-state index contributed by atoms with van der Waals surface area (Å²) < 4.78 is 16.9. The zero-order valence-electron chi connectivity index (χ0n) is 17.2. The Morgan fingerprint density at radius 2 is 1.65 bits per heavy atom. The lowest BCUT2D eigenvalue weighted by Gasteiger charge is -2.18. The molecule has 0 radical (unpaired) electrons. The van der Waals surface area contributed by atoms with E-state index in [9.17, 15) is 4.79 Å². The summed E-state index contributed by atoms with van der Waals surface area (Å²) in [4.78, 5) is 13.0. The van der Waals surface area contributed by atoms with Gasteiger partial charge in [0.2, 0.25) is 0 Å². The number of hydrogen-bond acceptors (Lipinski definition) is 4. The molecule has 31 heavy (non-hydrogen) atoms. The molecule has 0 aliphatic rings. The normalized spacial score (nSPS) is 11.5. The summed E-state index contributed by atoms with van der Waals surface area (Å²) in [5.74, 6) is 1.50. The molecule has 5 nitrogen and oxygen atoms in total. The van der Waals surface area contributed by atoms with E-state index in [0.29, 0.717) is 29.4 Å². The van der Waals surface area contributed by atoms with E-state index in [1.165, 1.54) is 0 Å². The minimum atomic E-state index is -0.399. The number of amides is 1. The van der Waals surface area contributed by atoms with E-state index >= 15 is 0 Å². The van der Waals surface area contributed by atoms with Crippen molar-refractivity contribution < 1.29 is 18.7 Å². The van der Waals surface area contributed by atoms with Crippen LogP contribution in [0, 0.1) is 0 Å². The van der Waals surface area contributed by atoms with Crippen molar-refractivity contribution in [3.63, 3.8) is 0 Å². The predicted octanol–water partition coefficient (Wildman–Crippen LogP) is 5.39. The standard InChI is InChI=1S/C26H23NO4/c1-29-24-17-21(14-15-22(24)31-18-19-9-4-2-5-10-19)26(28)27-25(23-13-8-16-30-23)20-11-6-3-7-12-20/h2-17,25H,18H2,1H3,(H,27,28). The number of ether oxygens (including phenoxy) is 2. The van der Waals surface area contributed by atoms with Gasteiger partial charge in [0.05, 0.1) is 13.4 Å². The van der Waals surface area contributed by atoms with Gasteiger partial charge in [-0.2, -0.15) is 0 Å². The third-order valence-corrected chi connectivity index (χ3v) is 4.90. The molecule has 0 spiro atoms. The molecule has 4 aromatic rings. The number of furan rings is 1. The molecule has 0 bridgehead atoms. The molecule has 0 aliphatic carbocycles. The van der Waals surface area contributed by atoms with E-state index in [0.717, 1.165) is 11.1 Å². The van der Waals surface area contributed by atoms with Crippen molar-refractivity contribution in [3.05, 3.63) is 120 Å². The average Bonchev–Trinajstić information content (AvgIpc) is 3.37. The number of methoxy groups -OCH3 is 1. The van der Waals surface area contributed by atoms with E-state index < -0.39 is 6.04 Å². The summed E-state index contributed by atoms with van der Waals surface area (Å²) in [5, 5.41) is 3.05. The van der Waals surface area contributed by atoms with Gasteiger partial charge in [-0.15, -0.1) is 0 Å². The van der Waals surface area contributed by atoms with Gasteiger partial charge < -0.3 is 19.2 Å². The number of carbonyl (C=O) groups is 1. The zero-order chi connectivity index (χ0) is 21.5. The number of carbonyl (C=O) groups excluding carboxylic acids is 1. The number of rotatable bonds is 8. The molecule has 156 valence electrons. The van der Waals surface area contributed by atoms with Crippen LogP contribution in [0.3, 0.4) is 0 Å². The highest BCUT2D eigenvalue weighted by molar-refractivity contribution is 5.95. The molecule has 1 atom stereocenters. The van der Waals surface area contributed by atoms with Crippen LogP contribution in [0.15, 0.2) is 102 Å². The Balaban J connectivity index is 1.52. The molecule has 1 N–H and O–H groups in total. The fraction of sp³-hybridized carbons (Fsp3) is 0.115. The molecule has 0 aliphatic heterocycles. The molecule has 1 unspecified atom stereocenters. The van der Waals surface area contributed by atoms with Gasteiger partial charge in [0.15, 0.2) is 11.5 Å². The molecule has 5 heteroatoms. The quantitative estimate of drug-likeness (QED) is 0.421. The minimum absolute atomic E-state index is 0.238. The molecule has 1 aromatic heterocycles. The van der Waals surface area contributed by atoms with Crippen molar-refractivity contribution >= 4 is 5.91 Å². The van der Waals surface area contributed by atoms with Gasteiger partial charge in [0.1, 0.15) is 18.4 Å². The Kier molecular flexibility index (Phi) is 6.33. The van der Waals surface area contributed by atoms with Gasteiger partial charge >= 0.3 is 0 Å². The van der Waals surface area contributed by atoms with E-state index in [2.05, 4.69) is 5.32 Å². The van der Waals surface area contributed by atoms with Crippen LogP contribution in [0.25, 0.3) is 0 Å². The summed E-state index contributed by atoms with van der Waals surface area (Å²) >= 11 is 0. The maximum absolute atomic E-state index is 13.0. The van der Waals surface area contributed by atoms with Crippen LogP contribution < -0.4 is 14.8 Å². The maximum atomic E-state index is 13.0. The highest BCUT2D eigenvalue weighted by Crippen LogP contribution is 2.30. The smallest absolute Gasteiger partial charge is 0.252 e. The van der Waals surface area contributed by atoms with Gasteiger partial charge in [0, 0.05) is 5.56 Å². The maximum Gasteiger partial charge on any atom is 0.252 e. The number of hydrogen-bond donors (Lipinski definition) is 1. The Bertz CT molecular complexity index is 1110. The van der Waals surface area contributed by atoms with Crippen LogP contribution in [-0.2, 0) is 6.61 Å². The molecule has 3 aromatic carbocycles. The van der Waals surface area contributed by atoms with E-state index in [-0.39, 0.29) is 5.91 Å². The summed E-state index contributed by atoms with van der Waals surface area (Å²) in [6.45, 7) is 0.414. The van der Waals surface area contributed by atoms with Crippen molar-refractivity contribution in [1.29, 1.82) is 0 Å². The highest BCUT2D eigenvalue weighted by atomic mass is 16.5. The average molecular weight is 413 g/mol. The number of benzene rings is 3. The SMILES string of the molecule is COc1cc(C(=O)NC(c2ccccc2)c2ccco2)ccc1OCc1ccccc1. The highest BCUT2D eigenvalue weighted by Gasteiger charge is 2.21. The van der Waals surface area contributed by atoms with Crippen molar-refractivity contribution in [2.45, 2.75) is 12.6 Å². The van der Waals surface area contributed by atoms with Crippen molar-refractivity contribution in [3.8, 4) is 11.5 Å². The minimum Gasteiger partial charge on any atom is -0.493 e. The Morgan fingerprint density at radius 1 is 0.903 bits per heavy atom. The first-order valence-corrected chi connectivity index (χ1v) is 9.98. The second-order valence-electron chi connectivity index (χ2n) is 6.97. The van der Waals surface area contributed by atoms with Crippen molar-refractivity contribution in [1.82, 2.24) is 5.32 Å². The molecule has 0 saturated carbocycles. The Morgan fingerprint density at radius 3 is 2.32 bits per heavy atom. The lowest BCUT2D eigenvalue weighted by Crippen LogP contribution is -2.29. The van der Waals surface area contributed by atoms with Crippen molar-refractivity contribution in [2.75, 3.05) is 7.11 Å². The largest absolute Gasteiger partial charge is 0.493 e. The predicted molar refractivity (Wildman–Crippen MR) is 118 cm³/mol. The first kappa shape index (κ1) is 20.3. The number of nitrogens with one attached hydrogen (secondary N) is 1. The first-order valence-electron chi connectivity index (χ1n) is 9.98. The van der Waals surface area contributed by atoms with Crippen LogP contribution in [0.2, 0.25) is 0 Å². The molecular formula is C26H23NO4. The lowest BCUT2D eigenvalue weighted by atomic mass is 10.0. The zero-order valence-corrected chi connectivity index (χ0v) is 17.2. The molecule has 1 heterocycles. The van der Waals surface area contributed by atoms with E-state index in [1.807, 2.05) is 66.7 Å². The second kappa shape index (κ2) is 9.67. The first-order chi connectivity index (χ1) is 15.2. The molecule has 1 amide bonds. The van der Waals surface area contributed by atoms with Crippen LogP contribution in [-0.4, -0.2) is 13.0 Å². The van der Waals surface area contributed by atoms with Crippen LogP contribution in [0.4, 0.5) is 0 Å². The van der Waals surface area contributed by atoms with Crippen molar-refractivity contribution in [2.24, 2.45) is 0 Å².